The van der Waals surface area contributed by atoms with E-state index in [0.29, 0.717) is 11.1 Å². The van der Waals surface area contributed by atoms with Crippen LogP contribution in [0.3, 0.4) is 0 Å². The molecule has 0 radical (unpaired) electrons. The second-order valence-electron chi connectivity index (χ2n) is 5.36. The molecule has 1 aliphatic rings. The molecule has 0 aliphatic heterocycles. The van der Waals surface area contributed by atoms with Gasteiger partial charge in [0, 0.05) is 5.56 Å². The summed E-state index contributed by atoms with van der Waals surface area (Å²) >= 11 is 0. The van der Waals surface area contributed by atoms with Crippen LogP contribution in [0.5, 0.6) is 0 Å². The quantitative estimate of drug-likeness (QED) is 0.745. The molecule has 0 unspecified atom stereocenters. The number of halogens is 3. The number of hydrogen-bond acceptors (Lipinski definition) is 1. The molecule has 2 aromatic rings. The highest BCUT2D eigenvalue weighted by atomic mass is 19.4. The number of hydrogen-bond donors (Lipinski definition) is 0. The van der Waals surface area contributed by atoms with Crippen LogP contribution in [-0.4, -0.2) is 12.5 Å². The van der Waals surface area contributed by atoms with E-state index in [1.807, 2.05) is 0 Å². The van der Waals surface area contributed by atoms with Gasteiger partial charge in [-0.05, 0) is 29.5 Å². The Morgan fingerprint density at radius 1 is 0.952 bits per heavy atom. The van der Waals surface area contributed by atoms with Crippen LogP contribution in [0.15, 0.2) is 48.5 Å². The van der Waals surface area contributed by atoms with Crippen LogP contribution in [-0.2, 0) is 5.41 Å². The first kappa shape index (κ1) is 13.9. The number of carbonyl (C=O) groups excluding carboxylic acids is 1. The summed E-state index contributed by atoms with van der Waals surface area (Å²) in [5.74, 6) is 0. The lowest BCUT2D eigenvalue weighted by Gasteiger charge is -2.20. The van der Waals surface area contributed by atoms with Crippen molar-refractivity contribution in [3.63, 3.8) is 0 Å². The van der Waals surface area contributed by atoms with Crippen molar-refractivity contribution in [3.8, 4) is 11.1 Å². The zero-order chi connectivity index (χ0) is 15.1. The fourth-order valence-electron chi connectivity index (χ4n) is 2.69. The van der Waals surface area contributed by atoms with E-state index in [1.54, 1.807) is 36.4 Å². The van der Waals surface area contributed by atoms with Gasteiger partial charge in [-0.2, -0.15) is 13.2 Å². The van der Waals surface area contributed by atoms with E-state index in [-0.39, 0.29) is 12.8 Å². The van der Waals surface area contributed by atoms with Gasteiger partial charge in [0.05, 0.1) is 5.41 Å². The molecule has 0 bridgehead atoms. The van der Waals surface area contributed by atoms with Gasteiger partial charge in [-0.15, -0.1) is 0 Å². The maximum Gasteiger partial charge on any atom is 0.398 e. The van der Waals surface area contributed by atoms with E-state index in [1.165, 1.54) is 12.1 Å². The number of aldehydes is 1. The first-order chi connectivity index (χ1) is 9.98. The molecule has 0 atom stereocenters. The van der Waals surface area contributed by atoms with Crippen LogP contribution < -0.4 is 0 Å². The summed E-state index contributed by atoms with van der Waals surface area (Å²) in [5.41, 5.74) is 0.662. The number of rotatable bonds is 3. The fourth-order valence-corrected chi connectivity index (χ4v) is 2.69. The molecule has 0 amide bonds. The Kier molecular flexibility index (Phi) is 3.12. The van der Waals surface area contributed by atoms with E-state index in [4.69, 9.17) is 0 Å². The minimum Gasteiger partial charge on any atom is -0.298 e. The van der Waals surface area contributed by atoms with Crippen molar-refractivity contribution in [3.05, 3.63) is 59.7 Å². The van der Waals surface area contributed by atoms with Crippen molar-refractivity contribution < 1.29 is 18.0 Å². The minimum absolute atomic E-state index is 0.154. The third kappa shape index (κ3) is 2.24. The van der Waals surface area contributed by atoms with Gasteiger partial charge in [0.2, 0.25) is 0 Å². The zero-order valence-electron chi connectivity index (χ0n) is 11.2. The zero-order valence-corrected chi connectivity index (χ0v) is 11.2. The summed E-state index contributed by atoms with van der Waals surface area (Å²) in [4.78, 5) is 11.0. The third-order valence-electron chi connectivity index (χ3n) is 4.13. The Labute approximate surface area is 120 Å². The van der Waals surface area contributed by atoms with Gasteiger partial charge >= 0.3 is 6.18 Å². The number of alkyl halides is 3. The van der Waals surface area contributed by atoms with E-state index >= 15 is 0 Å². The SMILES string of the molecule is O=Cc1ccccc1-c1ccc(C2(C(F)(F)F)CC2)cc1. The summed E-state index contributed by atoms with van der Waals surface area (Å²) in [6.07, 6.45) is -3.14. The summed E-state index contributed by atoms with van der Waals surface area (Å²) in [7, 11) is 0. The summed E-state index contributed by atoms with van der Waals surface area (Å²) in [5, 5.41) is 0. The van der Waals surface area contributed by atoms with Gasteiger partial charge in [-0.1, -0.05) is 48.5 Å². The molecule has 108 valence electrons. The normalized spacial score (nSPS) is 16.5. The smallest absolute Gasteiger partial charge is 0.298 e. The largest absolute Gasteiger partial charge is 0.398 e. The first-order valence-electron chi connectivity index (χ1n) is 6.70. The molecule has 1 aliphatic carbocycles. The second-order valence-corrected chi connectivity index (χ2v) is 5.36. The van der Waals surface area contributed by atoms with Crippen LogP contribution >= 0.6 is 0 Å². The van der Waals surface area contributed by atoms with Crippen molar-refractivity contribution in [1.29, 1.82) is 0 Å². The summed E-state index contributed by atoms with van der Waals surface area (Å²) in [6, 6.07) is 13.4. The molecule has 21 heavy (non-hydrogen) atoms. The van der Waals surface area contributed by atoms with E-state index in [9.17, 15) is 18.0 Å². The van der Waals surface area contributed by atoms with Gasteiger partial charge in [0.25, 0.3) is 0 Å². The molecule has 1 fully saturated rings. The summed E-state index contributed by atoms with van der Waals surface area (Å²) < 4.78 is 39.2. The molecule has 2 aromatic carbocycles. The Morgan fingerprint density at radius 3 is 2.10 bits per heavy atom. The highest BCUT2D eigenvalue weighted by molar-refractivity contribution is 5.87. The first-order valence-corrected chi connectivity index (χ1v) is 6.70. The molecular weight excluding hydrogens is 277 g/mol. The van der Waals surface area contributed by atoms with Crippen LogP contribution in [0.1, 0.15) is 28.8 Å². The number of carbonyl (C=O) groups is 1. The highest BCUT2D eigenvalue weighted by Crippen LogP contribution is 2.58. The topological polar surface area (TPSA) is 17.1 Å². The Balaban J connectivity index is 1.97. The van der Waals surface area contributed by atoms with Gasteiger partial charge < -0.3 is 0 Å². The molecule has 4 heteroatoms. The van der Waals surface area contributed by atoms with Crippen molar-refractivity contribution >= 4 is 6.29 Å². The highest BCUT2D eigenvalue weighted by Gasteiger charge is 2.64. The van der Waals surface area contributed by atoms with Gasteiger partial charge in [-0.3, -0.25) is 4.79 Å². The molecule has 0 saturated heterocycles. The molecular formula is C17H13F3O. The molecule has 1 nitrogen and oxygen atoms in total. The third-order valence-corrected chi connectivity index (χ3v) is 4.13. The lowest BCUT2D eigenvalue weighted by Crippen LogP contribution is -2.28. The molecule has 0 heterocycles. The van der Waals surface area contributed by atoms with E-state index < -0.39 is 11.6 Å². The lowest BCUT2D eigenvalue weighted by molar-refractivity contribution is -0.160. The Hall–Kier alpha value is -2.10. The molecule has 3 rings (SSSR count). The molecule has 1 saturated carbocycles. The van der Waals surface area contributed by atoms with Crippen molar-refractivity contribution in [2.75, 3.05) is 0 Å². The predicted octanol–water partition coefficient (Wildman–Crippen LogP) is 4.76. The fraction of sp³-hybridized carbons (Fsp3) is 0.235. The standard InChI is InChI=1S/C17H13F3O/c18-17(19,20)16(9-10-16)14-7-5-12(6-8-14)15-4-2-1-3-13(15)11-21/h1-8,11H,9-10H2. The number of benzene rings is 2. The average Bonchev–Trinajstić information content (AvgIpc) is 3.29. The maximum absolute atomic E-state index is 13.1. The van der Waals surface area contributed by atoms with Crippen LogP contribution in [0.25, 0.3) is 11.1 Å². The average molecular weight is 290 g/mol. The van der Waals surface area contributed by atoms with Crippen molar-refractivity contribution in [1.82, 2.24) is 0 Å². The van der Waals surface area contributed by atoms with Crippen LogP contribution in [0.2, 0.25) is 0 Å². The van der Waals surface area contributed by atoms with E-state index in [0.717, 1.165) is 17.4 Å². The monoisotopic (exact) mass is 290 g/mol. The molecule has 0 spiro atoms. The lowest BCUT2D eigenvalue weighted by atomic mass is 9.92. The van der Waals surface area contributed by atoms with Crippen molar-refractivity contribution in [2.24, 2.45) is 0 Å². The van der Waals surface area contributed by atoms with Gasteiger partial charge in [0.1, 0.15) is 0 Å². The van der Waals surface area contributed by atoms with Crippen molar-refractivity contribution in [2.45, 2.75) is 24.4 Å². The molecule has 0 aromatic heterocycles. The van der Waals surface area contributed by atoms with Crippen LogP contribution in [0, 0.1) is 0 Å². The van der Waals surface area contributed by atoms with E-state index in [2.05, 4.69) is 0 Å². The maximum atomic E-state index is 13.1. The Bertz CT molecular complexity index is 667. The van der Waals surface area contributed by atoms with Crippen LogP contribution in [0.4, 0.5) is 13.2 Å². The molecule has 0 N–H and O–H groups in total. The van der Waals surface area contributed by atoms with Gasteiger partial charge in [-0.25, -0.2) is 0 Å². The Morgan fingerprint density at radius 2 is 1.57 bits per heavy atom. The predicted molar refractivity (Wildman–Crippen MR) is 74.2 cm³/mol. The minimum atomic E-state index is -4.20. The summed E-state index contributed by atoms with van der Waals surface area (Å²) in [6.45, 7) is 0. The second kappa shape index (κ2) is 4.72. The van der Waals surface area contributed by atoms with Gasteiger partial charge in [0.15, 0.2) is 6.29 Å².